The van der Waals surface area contributed by atoms with Gasteiger partial charge < -0.3 is 14.4 Å². The van der Waals surface area contributed by atoms with Gasteiger partial charge in [-0.15, -0.1) is 0 Å². The second-order valence-electron chi connectivity index (χ2n) is 5.87. The highest BCUT2D eigenvalue weighted by Gasteiger charge is 2.26. The zero-order chi connectivity index (χ0) is 18.8. The largest absolute Gasteiger partial charge is 0.493 e. The van der Waals surface area contributed by atoms with Crippen molar-refractivity contribution in [1.82, 2.24) is 4.90 Å². The van der Waals surface area contributed by atoms with E-state index in [0.717, 1.165) is 11.1 Å². The predicted octanol–water partition coefficient (Wildman–Crippen LogP) is 3.46. The molecule has 136 valence electrons. The third kappa shape index (κ3) is 3.30. The number of nitrogens with zero attached hydrogens (tertiary/aromatic N) is 2. The van der Waals surface area contributed by atoms with Gasteiger partial charge in [0.2, 0.25) is 0 Å². The van der Waals surface area contributed by atoms with Gasteiger partial charge in [0.1, 0.15) is 0 Å². The van der Waals surface area contributed by atoms with Crippen molar-refractivity contribution in [2.24, 2.45) is 0 Å². The molecule has 3 rings (SSSR count). The minimum Gasteiger partial charge on any atom is -0.493 e. The van der Waals surface area contributed by atoms with Gasteiger partial charge in [-0.2, -0.15) is 0 Å². The maximum absolute atomic E-state index is 12.8. The number of nitro benzene ring substituents is 1. The molecule has 7 nitrogen and oxygen atoms in total. The predicted molar refractivity (Wildman–Crippen MR) is 96.1 cm³/mol. The van der Waals surface area contributed by atoms with E-state index in [-0.39, 0.29) is 22.2 Å². The highest BCUT2D eigenvalue weighted by molar-refractivity contribution is 6.33. The van der Waals surface area contributed by atoms with Crippen LogP contribution in [0, 0.1) is 10.1 Å². The third-order valence-electron chi connectivity index (χ3n) is 4.40. The number of ether oxygens (including phenoxy) is 2. The number of hydrogen-bond acceptors (Lipinski definition) is 5. The summed E-state index contributed by atoms with van der Waals surface area (Å²) in [6, 6.07) is 7.63. The maximum atomic E-state index is 12.8. The van der Waals surface area contributed by atoms with Gasteiger partial charge in [0, 0.05) is 25.2 Å². The first-order valence-electron chi connectivity index (χ1n) is 7.91. The second kappa shape index (κ2) is 7.21. The lowest BCUT2D eigenvalue weighted by molar-refractivity contribution is -0.384. The van der Waals surface area contributed by atoms with Gasteiger partial charge in [0.25, 0.3) is 11.6 Å². The number of non-ortho nitro benzene ring substituents is 1. The van der Waals surface area contributed by atoms with E-state index in [0.29, 0.717) is 31.0 Å². The average molecular weight is 377 g/mol. The molecule has 1 amide bonds. The van der Waals surface area contributed by atoms with E-state index in [2.05, 4.69) is 0 Å². The number of carbonyl (C=O) groups excluding carboxylic acids is 1. The minimum atomic E-state index is -0.546. The second-order valence-corrected chi connectivity index (χ2v) is 6.28. The molecule has 8 heteroatoms. The molecule has 2 aromatic rings. The van der Waals surface area contributed by atoms with Crippen molar-refractivity contribution in [3.05, 3.63) is 62.2 Å². The Bertz CT molecular complexity index is 884. The molecule has 1 heterocycles. The van der Waals surface area contributed by atoms with Crippen LogP contribution in [0.15, 0.2) is 30.3 Å². The Hall–Kier alpha value is -2.80. The summed E-state index contributed by atoms with van der Waals surface area (Å²) in [5.41, 5.74) is 1.99. The molecule has 0 atom stereocenters. The van der Waals surface area contributed by atoms with Crippen LogP contribution in [-0.2, 0) is 13.0 Å². The van der Waals surface area contributed by atoms with Crippen LogP contribution in [-0.4, -0.2) is 36.5 Å². The van der Waals surface area contributed by atoms with Crippen LogP contribution in [0.3, 0.4) is 0 Å². The molecule has 1 aliphatic rings. The molecule has 0 bridgehead atoms. The Labute approximate surface area is 155 Å². The van der Waals surface area contributed by atoms with Crippen LogP contribution in [0.5, 0.6) is 11.5 Å². The molecular weight excluding hydrogens is 360 g/mol. The fraction of sp³-hybridized carbons (Fsp3) is 0.278. The first-order valence-corrected chi connectivity index (χ1v) is 8.29. The Morgan fingerprint density at radius 1 is 1.15 bits per heavy atom. The molecule has 0 N–H and O–H groups in total. The number of amides is 1. The van der Waals surface area contributed by atoms with Gasteiger partial charge in [-0.05, 0) is 35.7 Å². The van der Waals surface area contributed by atoms with Crippen LogP contribution >= 0.6 is 11.6 Å². The van der Waals surface area contributed by atoms with E-state index in [9.17, 15) is 14.9 Å². The third-order valence-corrected chi connectivity index (χ3v) is 4.73. The molecule has 0 aliphatic carbocycles. The van der Waals surface area contributed by atoms with Crippen LogP contribution < -0.4 is 9.47 Å². The van der Waals surface area contributed by atoms with Crippen molar-refractivity contribution in [3.63, 3.8) is 0 Å². The maximum Gasteiger partial charge on any atom is 0.270 e. The van der Waals surface area contributed by atoms with Gasteiger partial charge >= 0.3 is 0 Å². The summed E-state index contributed by atoms with van der Waals surface area (Å²) in [5, 5.41) is 11.2. The molecule has 0 radical (unpaired) electrons. The van der Waals surface area contributed by atoms with E-state index in [1.807, 2.05) is 12.1 Å². The summed E-state index contributed by atoms with van der Waals surface area (Å²) in [4.78, 5) is 24.9. The average Bonchev–Trinajstić information content (AvgIpc) is 2.65. The molecule has 0 fully saturated rings. The van der Waals surface area contributed by atoms with Crippen LogP contribution in [0.4, 0.5) is 5.69 Å². The topological polar surface area (TPSA) is 81.9 Å². The number of halogens is 1. The van der Waals surface area contributed by atoms with Crippen molar-refractivity contribution < 1.29 is 19.2 Å². The van der Waals surface area contributed by atoms with Crippen molar-refractivity contribution in [3.8, 4) is 11.5 Å². The number of hydrogen-bond donors (Lipinski definition) is 0. The normalized spacial score (nSPS) is 13.1. The Balaban J connectivity index is 1.90. The molecule has 0 unspecified atom stereocenters. The highest BCUT2D eigenvalue weighted by Crippen LogP contribution is 2.34. The molecule has 1 aliphatic heterocycles. The first-order chi connectivity index (χ1) is 12.4. The standard InChI is InChI=1S/C18H17ClN2O5/c1-25-16-7-11-5-6-20(10-12(11)8-17(16)26-2)18(22)14-9-13(21(23)24)3-4-15(14)19/h3-4,7-9H,5-6,10H2,1-2H3. The lowest BCUT2D eigenvalue weighted by Gasteiger charge is -2.30. The van der Waals surface area contributed by atoms with Gasteiger partial charge in [-0.1, -0.05) is 11.6 Å². The molecule has 0 spiro atoms. The monoisotopic (exact) mass is 376 g/mol. The number of rotatable bonds is 4. The summed E-state index contributed by atoms with van der Waals surface area (Å²) in [5.74, 6) is 0.904. The van der Waals surface area contributed by atoms with Crippen molar-refractivity contribution in [2.75, 3.05) is 20.8 Å². The molecule has 0 saturated heterocycles. The number of fused-ring (bicyclic) bond motifs is 1. The molecular formula is C18H17ClN2O5. The van der Waals surface area contributed by atoms with E-state index in [1.54, 1.807) is 19.1 Å². The number of methoxy groups -OCH3 is 2. The van der Waals surface area contributed by atoms with Crippen molar-refractivity contribution >= 4 is 23.2 Å². The van der Waals surface area contributed by atoms with Gasteiger partial charge in [-0.3, -0.25) is 14.9 Å². The lowest BCUT2D eigenvalue weighted by atomic mass is 9.98. The smallest absolute Gasteiger partial charge is 0.270 e. The summed E-state index contributed by atoms with van der Waals surface area (Å²) in [6.45, 7) is 0.855. The molecule has 26 heavy (non-hydrogen) atoms. The molecule has 2 aromatic carbocycles. The SMILES string of the molecule is COc1cc2c(cc1OC)CN(C(=O)c1cc([N+](=O)[O-])ccc1Cl)CC2. The van der Waals surface area contributed by atoms with E-state index < -0.39 is 4.92 Å². The zero-order valence-corrected chi connectivity index (χ0v) is 15.1. The summed E-state index contributed by atoms with van der Waals surface area (Å²) in [6.07, 6.45) is 0.647. The fourth-order valence-corrected chi connectivity index (χ4v) is 3.22. The van der Waals surface area contributed by atoms with Crippen molar-refractivity contribution in [2.45, 2.75) is 13.0 Å². The van der Waals surface area contributed by atoms with E-state index in [1.165, 1.54) is 18.2 Å². The van der Waals surface area contributed by atoms with Gasteiger partial charge in [-0.25, -0.2) is 0 Å². The van der Waals surface area contributed by atoms with Crippen molar-refractivity contribution in [1.29, 1.82) is 0 Å². The Morgan fingerprint density at radius 3 is 2.42 bits per heavy atom. The Kier molecular flexibility index (Phi) is 4.99. The summed E-state index contributed by atoms with van der Waals surface area (Å²) < 4.78 is 10.6. The summed E-state index contributed by atoms with van der Waals surface area (Å²) >= 11 is 6.10. The minimum absolute atomic E-state index is 0.129. The Morgan fingerprint density at radius 2 is 1.81 bits per heavy atom. The van der Waals surface area contributed by atoms with Crippen LogP contribution in [0.25, 0.3) is 0 Å². The lowest BCUT2D eigenvalue weighted by Crippen LogP contribution is -2.36. The number of benzene rings is 2. The van der Waals surface area contributed by atoms with E-state index in [4.69, 9.17) is 21.1 Å². The van der Waals surface area contributed by atoms with Crippen LogP contribution in [0.1, 0.15) is 21.5 Å². The van der Waals surface area contributed by atoms with E-state index >= 15 is 0 Å². The highest BCUT2D eigenvalue weighted by atomic mass is 35.5. The van der Waals surface area contributed by atoms with Crippen LogP contribution in [0.2, 0.25) is 5.02 Å². The number of nitro groups is 1. The quantitative estimate of drug-likeness (QED) is 0.602. The zero-order valence-electron chi connectivity index (χ0n) is 14.3. The van der Waals surface area contributed by atoms with Gasteiger partial charge in [0.15, 0.2) is 11.5 Å². The number of carbonyl (C=O) groups is 1. The molecule has 0 saturated carbocycles. The fourth-order valence-electron chi connectivity index (χ4n) is 3.02. The molecule has 0 aromatic heterocycles. The first kappa shape index (κ1) is 18.0. The van der Waals surface area contributed by atoms with Gasteiger partial charge in [0.05, 0.1) is 29.7 Å². The summed E-state index contributed by atoms with van der Waals surface area (Å²) in [7, 11) is 3.13.